The van der Waals surface area contributed by atoms with Crippen molar-refractivity contribution in [3.05, 3.63) is 24.3 Å². The largest absolute Gasteiger partial charge is 0.379 e. The van der Waals surface area contributed by atoms with E-state index < -0.39 is 16.1 Å². The molecule has 1 fully saturated rings. The van der Waals surface area contributed by atoms with Crippen LogP contribution in [0, 0.1) is 11.3 Å². The van der Waals surface area contributed by atoms with Gasteiger partial charge >= 0.3 is 0 Å². The molecule has 2 heterocycles. The molecule has 0 radical (unpaired) electrons. The van der Waals surface area contributed by atoms with Crippen molar-refractivity contribution >= 4 is 39.3 Å². The van der Waals surface area contributed by atoms with Crippen LogP contribution in [0.2, 0.25) is 0 Å². The highest BCUT2D eigenvalue weighted by Crippen LogP contribution is 2.24. The van der Waals surface area contributed by atoms with Crippen LogP contribution >= 0.6 is 11.8 Å². The first-order chi connectivity index (χ1) is 14.3. The number of benzene rings is 1. The summed E-state index contributed by atoms with van der Waals surface area (Å²) in [6.45, 7) is 2.98. The molecule has 3 N–H and O–H groups in total. The quantitative estimate of drug-likeness (QED) is 0.578. The minimum Gasteiger partial charge on any atom is -0.379 e. The molecular formula is C17H21N7O4S2. The zero-order valence-corrected chi connectivity index (χ0v) is 17.8. The number of hydrogen-bond donors (Lipinski definition) is 2. The third kappa shape index (κ3) is 4.73. The van der Waals surface area contributed by atoms with Crippen molar-refractivity contribution in [2.75, 3.05) is 43.1 Å². The summed E-state index contributed by atoms with van der Waals surface area (Å²) in [5, 5.41) is 19.5. The third-order valence-electron chi connectivity index (χ3n) is 4.45. The molecule has 11 nitrogen and oxygen atoms in total. The van der Waals surface area contributed by atoms with Crippen LogP contribution in [0.25, 0.3) is 0 Å². The lowest BCUT2D eigenvalue weighted by atomic mass is 10.2. The lowest BCUT2D eigenvalue weighted by Crippen LogP contribution is -2.40. The molecule has 1 amide bonds. The topological polar surface area (TPSA) is 156 Å². The second-order valence-corrected chi connectivity index (χ2v) is 9.24. The van der Waals surface area contributed by atoms with Gasteiger partial charge in [0.1, 0.15) is 6.04 Å². The van der Waals surface area contributed by atoms with Gasteiger partial charge in [-0.2, -0.15) is 9.57 Å². The van der Waals surface area contributed by atoms with Crippen LogP contribution in [0.15, 0.2) is 34.3 Å². The van der Waals surface area contributed by atoms with Gasteiger partial charge in [-0.15, -0.1) is 10.2 Å². The van der Waals surface area contributed by atoms with Crippen molar-refractivity contribution in [2.24, 2.45) is 0 Å². The van der Waals surface area contributed by atoms with E-state index in [1.165, 1.54) is 33.1 Å². The van der Waals surface area contributed by atoms with E-state index in [9.17, 15) is 13.2 Å². The van der Waals surface area contributed by atoms with Crippen molar-refractivity contribution in [3.63, 3.8) is 0 Å². The molecule has 160 valence electrons. The number of ether oxygens (including phenoxy) is 1. The van der Waals surface area contributed by atoms with Crippen LogP contribution in [0.3, 0.4) is 0 Å². The molecule has 3 rings (SSSR count). The molecule has 13 heteroatoms. The Morgan fingerprint density at radius 1 is 1.33 bits per heavy atom. The van der Waals surface area contributed by atoms with Crippen LogP contribution < -0.4 is 11.1 Å². The van der Waals surface area contributed by atoms with E-state index in [1.807, 2.05) is 6.07 Å². The van der Waals surface area contributed by atoms with Crippen molar-refractivity contribution < 1.29 is 17.9 Å². The summed E-state index contributed by atoms with van der Waals surface area (Å²) < 4.78 is 33.4. The first-order valence-electron chi connectivity index (χ1n) is 9.03. The van der Waals surface area contributed by atoms with Crippen LogP contribution in [0.1, 0.15) is 13.0 Å². The molecule has 1 aromatic heterocycles. The van der Waals surface area contributed by atoms with E-state index in [-0.39, 0.29) is 22.5 Å². The maximum atomic E-state index is 12.7. The molecule has 1 aliphatic heterocycles. The fraction of sp³-hybridized carbons (Fsp3) is 0.412. The Morgan fingerprint density at radius 2 is 2.00 bits per heavy atom. The molecule has 1 aliphatic rings. The Kier molecular flexibility index (Phi) is 6.93. The number of aromatic nitrogens is 3. The zero-order valence-electron chi connectivity index (χ0n) is 16.2. The van der Waals surface area contributed by atoms with Gasteiger partial charge in [-0.3, -0.25) is 9.36 Å². The lowest BCUT2D eigenvalue weighted by molar-refractivity contribution is -0.118. The monoisotopic (exact) mass is 451 g/mol. The Bertz CT molecular complexity index is 1040. The van der Waals surface area contributed by atoms with Gasteiger partial charge in [-0.25, -0.2) is 8.42 Å². The number of nitrogen functional groups attached to an aromatic ring is 1. The van der Waals surface area contributed by atoms with Crippen molar-refractivity contribution in [1.82, 2.24) is 19.1 Å². The SMILES string of the molecule is CC(C(=O)Nc1ccc(S(=O)(=O)N2CCOCC2)cc1)n1c(N)nnc1SCC#N. The number of nitriles is 1. The van der Waals surface area contributed by atoms with Gasteiger partial charge in [0.15, 0.2) is 5.16 Å². The van der Waals surface area contributed by atoms with E-state index in [0.717, 1.165) is 11.8 Å². The number of morpholine rings is 1. The number of carbonyl (C=O) groups is 1. The zero-order chi connectivity index (χ0) is 21.7. The summed E-state index contributed by atoms with van der Waals surface area (Å²) in [5.41, 5.74) is 6.25. The van der Waals surface area contributed by atoms with E-state index in [4.69, 9.17) is 15.7 Å². The first-order valence-corrected chi connectivity index (χ1v) is 11.5. The van der Waals surface area contributed by atoms with Crippen LogP contribution in [-0.4, -0.2) is 65.5 Å². The maximum Gasteiger partial charge on any atom is 0.247 e. The van der Waals surface area contributed by atoms with Gasteiger partial charge < -0.3 is 15.8 Å². The second-order valence-electron chi connectivity index (χ2n) is 6.36. The molecular weight excluding hydrogens is 430 g/mol. The summed E-state index contributed by atoms with van der Waals surface area (Å²) in [5.74, 6) is -0.180. The molecule has 0 spiro atoms. The van der Waals surface area contributed by atoms with Gasteiger partial charge in [0.05, 0.1) is 29.9 Å². The summed E-state index contributed by atoms with van der Waals surface area (Å²) in [7, 11) is -3.60. The highest BCUT2D eigenvalue weighted by Gasteiger charge is 2.26. The number of nitrogens with one attached hydrogen (secondary N) is 1. The Hall–Kier alpha value is -2.66. The van der Waals surface area contributed by atoms with E-state index >= 15 is 0 Å². The number of nitrogens with zero attached hydrogens (tertiary/aromatic N) is 5. The number of anilines is 2. The second kappa shape index (κ2) is 9.43. The molecule has 2 aromatic rings. The minimum absolute atomic E-state index is 0.0602. The average molecular weight is 452 g/mol. The lowest BCUT2D eigenvalue weighted by Gasteiger charge is -2.26. The fourth-order valence-corrected chi connectivity index (χ4v) is 4.95. The summed E-state index contributed by atoms with van der Waals surface area (Å²) >= 11 is 1.13. The van der Waals surface area contributed by atoms with Gasteiger partial charge in [-0.05, 0) is 31.2 Å². The number of amides is 1. The normalized spacial score (nSPS) is 16.0. The fourth-order valence-electron chi connectivity index (χ4n) is 2.86. The number of hydrogen-bond acceptors (Lipinski definition) is 9. The molecule has 1 aromatic carbocycles. The molecule has 1 unspecified atom stereocenters. The highest BCUT2D eigenvalue weighted by atomic mass is 32.2. The summed E-state index contributed by atoms with van der Waals surface area (Å²) in [6.07, 6.45) is 0. The van der Waals surface area contributed by atoms with E-state index in [1.54, 1.807) is 6.92 Å². The van der Waals surface area contributed by atoms with Gasteiger partial charge in [0.2, 0.25) is 21.9 Å². The predicted octanol–water partition coefficient (Wildman–Crippen LogP) is 0.697. The maximum absolute atomic E-state index is 12.7. The van der Waals surface area contributed by atoms with E-state index in [2.05, 4.69) is 15.5 Å². The van der Waals surface area contributed by atoms with Crippen molar-refractivity contribution in [2.45, 2.75) is 23.0 Å². The van der Waals surface area contributed by atoms with Crippen molar-refractivity contribution in [3.8, 4) is 6.07 Å². The van der Waals surface area contributed by atoms with Crippen LogP contribution in [-0.2, 0) is 19.6 Å². The Labute approximate surface area is 178 Å². The molecule has 1 saturated heterocycles. The number of sulfonamides is 1. The number of rotatable bonds is 7. The number of carbonyl (C=O) groups excluding carboxylic acids is 1. The number of thioether (sulfide) groups is 1. The average Bonchev–Trinajstić information content (AvgIpc) is 3.12. The Morgan fingerprint density at radius 3 is 2.63 bits per heavy atom. The van der Waals surface area contributed by atoms with Gasteiger partial charge in [0.25, 0.3) is 0 Å². The van der Waals surface area contributed by atoms with Gasteiger partial charge in [-0.1, -0.05) is 11.8 Å². The first kappa shape index (κ1) is 22.0. The third-order valence-corrected chi connectivity index (χ3v) is 7.18. The predicted molar refractivity (Wildman–Crippen MR) is 110 cm³/mol. The number of nitrogens with two attached hydrogens (primary N) is 1. The molecule has 30 heavy (non-hydrogen) atoms. The molecule has 1 atom stereocenters. The van der Waals surface area contributed by atoms with Crippen LogP contribution in [0.5, 0.6) is 0 Å². The van der Waals surface area contributed by atoms with Crippen LogP contribution in [0.4, 0.5) is 11.6 Å². The highest BCUT2D eigenvalue weighted by molar-refractivity contribution is 7.99. The summed E-state index contributed by atoms with van der Waals surface area (Å²) in [6, 6.07) is 7.20. The molecule has 0 aliphatic carbocycles. The smallest absolute Gasteiger partial charge is 0.247 e. The van der Waals surface area contributed by atoms with Gasteiger partial charge in [0, 0.05) is 18.8 Å². The summed E-state index contributed by atoms with van der Waals surface area (Å²) in [4.78, 5) is 12.8. The standard InChI is InChI=1S/C17H21N7O4S2/c1-12(24-16(19)21-22-17(24)29-11-6-18)15(25)20-13-2-4-14(5-3-13)30(26,27)23-7-9-28-10-8-23/h2-5,12H,7-11H2,1H3,(H2,19,21)(H,20,25). The minimum atomic E-state index is -3.60. The van der Waals surface area contributed by atoms with E-state index in [0.29, 0.717) is 37.1 Å². The van der Waals surface area contributed by atoms with Crippen molar-refractivity contribution in [1.29, 1.82) is 5.26 Å². The molecule has 0 saturated carbocycles. The molecule has 0 bridgehead atoms. The Balaban J connectivity index is 1.70.